The third kappa shape index (κ3) is 11.0. The molecular weight excluding hydrogens is 442 g/mol. The van der Waals surface area contributed by atoms with Gasteiger partial charge in [0.05, 0.1) is 0 Å². The fraction of sp³-hybridized carbons (Fsp3) is 0.238. The zero-order chi connectivity index (χ0) is 17.2. The van der Waals surface area contributed by atoms with Crippen LogP contribution in [0.5, 0.6) is 0 Å². The van der Waals surface area contributed by atoms with Crippen LogP contribution in [0.3, 0.4) is 0 Å². The first-order valence-electron chi connectivity index (χ1n) is 7.90. The summed E-state index contributed by atoms with van der Waals surface area (Å²) in [6.45, 7) is 10.8. The van der Waals surface area contributed by atoms with Gasteiger partial charge in [-0.05, 0) is 0 Å². The summed E-state index contributed by atoms with van der Waals surface area (Å²) in [5.41, 5.74) is 5.43. The molecule has 25 heavy (non-hydrogen) atoms. The molecule has 0 amide bonds. The largest absolute Gasteiger partial charge is 1.00 e. The second-order valence-corrected chi connectivity index (χ2v) is 13.1. The summed E-state index contributed by atoms with van der Waals surface area (Å²) < 4.78 is 0. The van der Waals surface area contributed by atoms with E-state index in [0.29, 0.717) is 0 Å². The minimum Gasteiger partial charge on any atom is -1.00 e. The predicted octanol–water partition coefficient (Wildman–Crippen LogP) is -0.886. The molecule has 0 aliphatic rings. The number of aryl methyl sites for hydroxylation is 4. The maximum atomic E-state index is 2.35. The second kappa shape index (κ2) is 14.7. The van der Waals surface area contributed by atoms with Gasteiger partial charge in [-0.15, -0.1) is 0 Å². The van der Waals surface area contributed by atoms with Gasteiger partial charge in [0.25, 0.3) is 0 Å². The van der Waals surface area contributed by atoms with Gasteiger partial charge in [0.15, 0.2) is 0 Å². The van der Waals surface area contributed by atoms with E-state index in [1.807, 2.05) is 0 Å². The van der Waals surface area contributed by atoms with Crippen LogP contribution in [0.25, 0.3) is 0 Å². The molecule has 0 heterocycles. The van der Waals surface area contributed by atoms with Gasteiger partial charge < -0.3 is 24.8 Å². The molecule has 0 bridgehead atoms. The van der Waals surface area contributed by atoms with Crippen molar-refractivity contribution in [1.29, 1.82) is 0 Å². The Morgan fingerprint density at radius 1 is 0.720 bits per heavy atom. The summed E-state index contributed by atoms with van der Waals surface area (Å²) in [7, 11) is 0. The van der Waals surface area contributed by atoms with Crippen LogP contribution in [0.4, 0.5) is 0 Å². The Morgan fingerprint density at radius 2 is 1.12 bits per heavy atom. The van der Waals surface area contributed by atoms with Crippen molar-refractivity contribution in [1.82, 2.24) is 0 Å². The SMILES string of the molecule is C[Si](=[Zr+2])c1ccccc1.Cc1cc[cH-]c1C.Cc1cc[cH-]c1C.[Cl-].[Cl-]. The van der Waals surface area contributed by atoms with Crippen molar-refractivity contribution in [3.8, 4) is 0 Å². The van der Waals surface area contributed by atoms with Gasteiger partial charge in [-0.3, -0.25) is 0 Å². The molecule has 3 aromatic carbocycles. The maximum absolute atomic E-state index is 2.35. The van der Waals surface area contributed by atoms with Crippen LogP contribution < -0.4 is 30.0 Å². The molecule has 4 heteroatoms. The van der Waals surface area contributed by atoms with Crippen molar-refractivity contribution in [2.75, 3.05) is 0 Å². The Hall–Kier alpha value is -0.400. The first-order valence-corrected chi connectivity index (χ1v) is 13.6. The topological polar surface area (TPSA) is 0 Å². The van der Waals surface area contributed by atoms with Gasteiger partial charge in [0, 0.05) is 0 Å². The van der Waals surface area contributed by atoms with E-state index < -0.39 is 0 Å². The fourth-order valence-corrected chi connectivity index (χ4v) is 3.81. The van der Waals surface area contributed by atoms with Gasteiger partial charge in [-0.2, -0.15) is 46.5 Å². The van der Waals surface area contributed by atoms with E-state index in [-0.39, 0.29) is 30.2 Å². The fourth-order valence-electron chi connectivity index (χ4n) is 1.89. The van der Waals surface area contributed by atoms with Crippen LogP contribution in [0.2, 0.25) is 6.55 Å². The normalized spacial score (nSPS) is 8.60. The Balaban J connectivity index is 0. The summed E-state index contributed by atoms with van der Waals surface area (Å²) in [5, 5.41) is 1.56. The summed E-state index contributed by atoms with van der Waals surface area (Å²) in [5.74, 6) is 0. The van der Waals surface area contributed by atoms with Crippen molar-refractivity contribution in [2.24, 2.45) is 0 Å². The molecule has 3 aromatic rings. The molecule has 134 valence electrons. The van der Waals surface area contributed by atoms with E-state index in [1.54, 1.807) is 28.5 Å². The Bertz CT molecular complexity index is 643. The average Bonchev–Trinajstić information content (AvgIpc) is 3.10. The van der Waals surface area contributed by atoms with Crippen LogP contribution in [-0.4, -0.2) is 5.43 Å². The molecule has 3 rings (SSSR count). The quantitative estimate of drug-likeness (QED) is 0.321. The van der Waals surface area contributed by atoms with Crippen molar-refractivity contribution in [2.45, 2.75) is 34.2 Å². The van der Waals surface area contributed by atoms with E-state index in [9.17, 15) is 0 Å². The van der Waals surface area contributed by atoms with Gasteiger partial charge in [0.2, 0.25) is 0 Å². The standard InChI is InChI=1S/C7H8Si.2C7H9.2ClH.Zr/c1-8-7-5-3-2-4-6-7;2*1-6-4-3-5-7(6)2;;;/h2-6H,1H3;2*3-5H,1-2H3;2*1H;/q;2*-1;;;+2/p-2. The summed E-state index contributed by atoms with van der Waals surface area (Å²) in [6.07, 6.45) is 0. The molecule has 0 aliphatic heterocycles. The van der Waals surface area contributed by atoms with Crippen LogP contribution in [0.1, 0.15) is 22.3 Å². The zero-order valence-electron chi connectivity index (χ0n) is 15.6. The third-order valence-electron chi connectivity index (χ3n) is 3.84. The van der Waals surface area contributed by atoms with Crippen LogP contribution in [-0.2, 0) is 23.3 Å². The summed E-state index contributed by atoms with van der Waals surface area (Å²) in [4.78, 5) is 0. The smallest absolute Gasteiger partial charge is 0.0632 e. The van der Waals surface area contributed by atoms with Crippen LogP contribution >= 0.6 is 0 Å². The molecule has 0 aliphatic carbocycles. The molecule has 0 saturated heterocycles. The first kappa shape index (κ1) is 26.8. The van der Waals surface area contributed by atoms with E-state index in [0.717, 1.165) is 0 Å². The van der Waals surface area contributed by atoms with Crippen molar-refractivity contribution >= 4 is 10.6 Å². The molecular formula is C21H26Cl2SiZr-2. The molecule has 0 atom stereocenters. The van der Waals surface area contributed by atoms with Gasteiger partial charge >= 0.3 is 70.8 Å². The molecule has 0 unspecified atom stereocenters. The summed E-state index contributed by atoms with van der Waals surface area (Å²) in [6, 6.07) is 23.4. The number of rotatable bonds is 1. The van der Waals surface area contributed by atoms with E-state index >= 15 is 0 Å². The molecule has 0 N–H and O–H groups in total. The molecule has 0 saturated carbocycles. The van der Waals surface area contributed by atoms with Crippen molar-refractivity contribution in [3.63, 3.8) is 0 Å². The first-order chi connectivity index (χ1) is 10.9. The number of benzene rings is 1. The van der Waals surface area contributed by atoms with Gasteiger partial charge in [0.1, 0.15) is 0 Å². The van der Waals surface area contributed by atoms with Crippen molar-refractivity contribution < 1.29 is 48.1 Å². The third-order valence-corrected chi connectivity index (χ3v) is 7.16. The second-order valence-electron chi connectivity index (χ2n) is 5.77. The number of hydrogen-bond acceptors (Lipinski definition) is 0. The minimum absolute atomic E-state index is 0. The van der Waals surface area contributed by atoms with Gasteiger partial charge in [-0.1, -0.05) is 27.7 Å². The van der Waals surface area contributed by atoms with Gasteiger partial charge in [-0.25, -0.2) is 12.1 Å². The van der Waals surface area contributed by atoms with Crippen LogP contribution in [0, 0.1) is 27.7 Å². The summed E-state index contributed by atoms with van der Waals surface area (Å²) >= 11 is 1.69. The Labute approximate surface area is 181 Å². The molecule has 0 nitrogen and oxygen atoms in total. The Morgan fingerprint density at radius 3 is 1.28 bits per heavy atom. The Kier molecular flexibility index (Phi) is 15.8. The monoisotopic (exact) mass is 466 g/mol. The minimum atomic E-state index is -0.122. The zero-order valence-corrected chi connectivity index (χ0v) is 20.6. The molecule has 0 aromatic heterocycles. The number of halogens is 2. The molecule has 0 radical (unpaired) electrons. The van der Waals surface area contributed by atoms with E-state index in [4.69, 9.17) is 0 Å². The molecule has 0 spiro atoms. The maximum Gasteiger partial charge on any atom is -0.0632 e. The van der Waals surface area contributed by atoms with Crippen LogP contribution in [0.15, 0.2) is 66.7 Å². The van der Waals surface area contributed by atoms with Crippen molar-refractivity contribution in [3.05, 3.63) is 89.0 Å². The number of hydrogen-bond donors (Lipinski definition) is 0. The molecule has 0 fully saturated rings. The van der Waals surface area contributed by atoms with E-state index in [1.165, 1.54) is 22.3 Å². The van der Waals surface area contributed by atoms with E-state index in [2.05, 4.69) is 101 Å². The predicted molar refractivity (Wildman–Crippen MR) is 101 cm³/mol. The average molecular weight is 469 g/mol.